The van der Waals surface area contributed by atoms with Gasteiger partial charge in [-0.1, -0.05) is 0 Å². The molecule has 0 saturated carbocycles. The molecule has 3 aromatic rings. The molecule has 0 radical (unpaired) electrons. The van der Waals surface area contributed by atoms with Crippen molar-refractivity contribution < 1.29 is 4.74 Å². The van der Waals surface area contributed by atoms with Gasteiger partial charge >= 0.3 is 6.01 Å². The number of halogens is 1. The van der Waals surface area contributed by atoms with Crippen LogP contribution in [0.15, 0.2) is 41.4 Å². The normalized spacial score (nSPS) is 10.8. The predicted molar refractivity (Wildman–Crippen MR) is 70.5 cm³/mol. The summed E-state index contributed by atoms with van der Waals surface area (Å²) in [5.74, 6) is 0. The van der Waals surface area contributed by atoms with Crippen LogP contribution in [0.1, 0.15) is 0 Å². The lowest BCUT2D eigenvalue weighted by molar-refractivity contribution is 0.380. The maximum absolute atomic E-state index is 4.94. The van der Waals surface area contributed by atoms with E-state index in [-0.39, 0.29) is 0 Å². The number of fused-ring (bicyclic) bond motifs is 1. The van der Waals surface area contributed by atoms with E-state index in [2.05, 4.69) is 30.9 Å². The van der Waals surface area contributed by atoms with E-state index in [1.54, 1.807) is 25.7 Å². The van der Waals surface area contributed by atoms with Crippen LogP contribution in [-0.4, -0.2) is 26.5 Å². The fraction of sp³-hybridized carbons (Fsp3) is 0.0833. The van der Waals surface area contributed by atoms with E-state index in [9.17, 15) is 0 Å². The first-order chi connectivity index (χ1) is 8.78. The van der Waals surface area contributed by atoms with E-state index >= 15 is 0 Å². The molecule has 0 aliphatic rings. The second kappa shape index (κ2) is 4.38. The largest absolute Gasteiger partial charge is 0.467 e. The molecule has 3 heterocycles. The molecule has 3 rings (SSSR count). The molecule has 0 fully saturated rings. The number of hydrogen-bond donors (Lipinski definition) is 0. The molecule has 5 nitrogen and oxygen atoms in total. The average Bonchev–Trinajstić information content (AvgIpc) is 2.82. The number of pyridine rings is 1. The lowest BCUT2D eigenvalue weighted by Crippen LogP contribution is -1.93. The number of ether oxygens (including phenoxy) is 1. The number of imidazole rings is 1. The lowest BCUT2D eigenvalue weighted by Gasteiger charge is -2.02. The smallest absolute Gasteiger partial charge is 0.316 e. The molecule has 0 amide bonds. The summed E-state index contributed by atoms with van der Waals surface area (Å²) in [6, 6.07) is 4.25. The highest BCUT2D eigenvalue weighted by Crippen LogP contribution is 2.22. The SMILES string of the molecule is COc1ncc(-c2cnc3ccc(Br)cn23)cn1. The van der Waals surface area contributed by atoms with Crippen molar-refractivity contribution in [1.82, 2.24) is 19.4 Å². The maximum atomic E-state index is 4.94. The fourth-order valence-electron chi connectivity index (χ4n) is 1.72. The Kier molecular flexibility index (Phi) is 2.71. The standard InChI is InChI=1S/C12H9BrN4O/c1-18-12-15-4-8(5-16-12)10-6-14-11-3-2-9(13)7-17(10)11/h2-7H,1H3. The lowest BCUT2D eigenvalue weighted by atomic mass is 10.2. The molecule has 0 atom stereocenters. The Bertz CT molecular complexity index is 693. The van der Waals surface area contributed by atoms with Crippen LogP contribution in [0.2, 0.25) is 0 Å². The van der Waals surface area contributed by atoms with Gasteiger partial charge in [0.05, 0.1) is 19.0 Å². The molecule has 0 aromatic carbocycles. The summed E-state index contributed by atoms with van der Waals surface area (Å²) in [5, 5.41) is 0. The van der Waals surface area contributed by atoms with Crippen molar-refractivity contribution in [2.24, 2.45) is 0 Å². The van der Waals surface area contributed by atoms with Crippen molar-refractivity contribution in [3.63, 3.8) is 0 Å². The summed E-state index contributed by atoms with van der Waals surface area (Å²) in [6.07, 6.45) is 7.20. The highest BCUT2D eigenvalue weighted by molar-refractivity contribution is 9.10. The molecule has 3 aromatic heterocycles. The number of rotatable bonds is 2. The number of hydrogen-bond acceptors (Lipinski definition) is 4. The van der Waals surface area contributed by atoms with Gasteiger partial charge in [-0.2, -0.15) is 0 Å². The molecular weight excluding hydrogens is 296 g/mol. The third-order valence-corrected chi connectivity index (χ3v) is 3.05. The molecule has 0 aliphatic carbocycles. The number of nitrogens with zero attached hydrogens (tertiary/aromatic N) is 4. The van der Waals surface area contributed by atoms with Gasteiger partial charge in [0, 0.05) is 28.6 Å². The van der Waals surface area contributed by atoms with Gasteiger partial charge in [-0.3, -0.25) is 4.40 Å². The fourth-order valence-corrected chi connectivity index (χ4v) is 2.06. The molecule has 6 heteroatoms. The summed E-state index contributed by atoms with van der Waals surface area (Å²) in [6.45, 7) is 0. The van der Waals surface area contributed by atoms with Gasteiger partial charge in [0.1, 0.15) is 5.65 Å². The number of methoxy groups -OCH3 is 1. The minimum Gasteiger partial charge on any atom is -0.467 e. The van der Waals surface area contributed by atoms with Crippen LogP contribution in [0.4, 0.5) is 0 Å². The van der Waals surface area contributed by atoms with Crippen molar-refractivity contribution in [3.8, 4) is 17.3 Å². The van der Waals surface area contributed by atoms with E-state index in [1.165, 1.54) is 0 Å². The van der Waals surface area contributed by atoms with Gasteiger partial charge < -0.3 is 4.74 Å². The van der Waals surface area contributed by atoms with E-state index in [0.29, 0.717) is 6.01 Å². The van der Waals surface area contributed by atoms with Gasteiger partial charge in [0.25, 0.3) is 0 Å². The van der Waals surface area contributed by atoms with Crippen LogP contribution in [0, 0.1) is 0 Å². The molecule has 0 unspecified atom stereocenters. The summed E-state index contributed by atoms with van der Waals surface area (Å²) in [4.78, 5) is 12.5. The first-order valence-electron chi connectivity index (χ1n) is 5.27. The molecule has 0 spiro atoms. The highest BCUT2D eigenvalue weighted by Gasteiger charge is 2.07. The van der Waals surface area contributed by atoms with Crippen LogP contribution in [-0.2, 0) is 0 Å². The average molecular weight is 305 g/mol. The zero-order chi connectivity index (χ0) is 12.5. The Morgan fingerprint density at radius 1 is 1.11 bits per heavy atom. The topological polar surface area (TPSA) is 52.3 Å². The van der Waals surface area contributed by atoms with Crippen molar-refractivity contribution in [2.75, 3.05) is 7.11 Å². The third kappa shape index (κ3) is 1.84. The van der Waals surface area contributed by atoms with Crippen molar-refractivity contribution in [2.45, 2.75) is 0 Å². The second-order valence-corrected chi connectivity index (χ2v) is 4.59. The van der Waals surface area contributed by atoms with Crippen molar-refractivity contribution in [3.05, 3.63) is 41.4 Å². The van der Waals surface area contributed by atoms with Crippen LogP contribution < -0.4 is 4.74 Å². The second-order valence-electron chi connectivity index (χ2n) is 3.68. The van der Waals surface area contributed by atoms with Gasteiger partial charge in [-0.05, 0) is 28.1 Å². The van der Waals surface area contributed by atoms with Gasteiger partial charge in [0.15, 0.2) is 0 Å². The molecule has 18 heavy (non-hydrogen) atoms. The van der Waals surface area contributed by atoms with E-state index in [4.69, 9.17) is 4.74 Å². The first kappa shape index (κ1) is 11.2. The summed E-state index contributed by atoms with van der Waals surface area (Å²) in [7, 11) is 1.54. The zero-order valence-electron chi connectivity index (χ0n) is 9.54. The van der Waals surface area contributed by atoms with Crippen molar-refractivity contribution >= 4 is 21.6 Å². The summed E-state index contributed by atoms with van der Waals surface area (Å²) < 4.78 is 7.91. The Morgan fingerprint density at radius 3 is 2.61 bits per heavy atom. The molecule has 90 valence electrons. The van der Waals surface area contributed by atoms with E-state index in [1.807, 2.05) is 22.7 Å². The Labute approximate surface area is 112 Å². The van der Waals surface area contributed by atoms with Gasteiger partial charge in [-0.15, -0.1) is 0 Å². The highest BCUT2D eigenvalue weighted by atomic mass is 79.9. The quantitative estimate of drug-likeness (QED) is 0.730. The Balaban J connectivity index is 2.15. The maximum Gasteiger partial charge on any atom is 0.316 e. The van der Waals surface area contributed by atoms with Gasteiger partial charge in [0.2, 0.25) is 0 Å². The first-order valence-corrected chi connectivity index (χ1v) is 6.06. The molecule has 0 bridgehead atoms. The predicted octanol–water partition coefficient (Wildman–Crippen LogP) is 2.56. The van der Waals surface area contributed by atoms with Crippen LogP contribution in [0.25, 0.3) is 16.9 Å². The van der Waals surface area contributed by atoms with Crippen molar-refractivity contribution in [1.29, 1.82) is 0 Å². The third-order valence-electron chi connectivity index (χ3n) is 2.58. The van der Waals surface area contributed by atoms with Gasteiger partial charge in [-0.25, -0.2) is 15.0 Å². The monoisotopic (exact) mass is 304 g/mol. The van der Waals surface area contributed by atoms with E-state index in [0.717, 1.165) is 21.4 Å². The minimum absolute atomic E-state index is 0.355. The Morgan fingerprint density at radius 2 is 1.89 bits per heavy atom. The number of aromatic nitrogens is 4. The van der Waals surface area contributed by atoms with E-state index < -0.39 is 0 Å². The summed E-state index contributed by atoms with van der Waals surface area (Å²) in [5.41, 5.74) is 2.71. The van der Waals surface area contributed by atoms with Crippen LogP contribution >= 0.6 is 15.9 Å². The minimum atomic E-state index is 0.355. The van der Waals surface area contributed by atoms with Crippen LogP contribution in [0.3, 0.4) is 0 Å². The molecule has 0 aliphatic heterocycles. The van der Waals surface area contributed by atoms with Crippen LogP contribution in [0.5, 0.6) is 6.01 Å². The molecule has 0 N–H and O–H groups in total. The zero-order valence-corrected chi connectivity index (χ0v) is 11.1. The summed E-state index contributed by atoms with van der Waals surface area (Å²) >= 11 is 3.45. The Hall–Kier alpha value is -1.95. The molecule has 0 saturated heterocycles. The molecular formula is C12H9BrN4O.